The van der Waals surface area contributed by atoms with Gasteiger partial charge < -0.3 is 10.2 Å². The van der Waals surface area contributed by atoms with E-state index in [1.807, 2.05) is 30.3 Å². The summed E-state index contributed by atoms with van der Waals surface area (Å²) in [5.41, 5.74) is 1.26. The molecule has 0 saturated carbocycles. The molecule has 2 amide bonds. The highest BCUT2D eigenvalue weighted by Crippen LogP contribution is 2.23. The molecule has 1 N–H and O–H groups in total. The number of para-hydroxylation sites is 1. The van der Waals surface area contributed by atoms with Crippen molar-refractivity contribution in [1.29, 1.82) is 0 Å². The van der Waals surface area contributed by atoms with E-state index < -0.39 is 10.8 Å². The maximum Gasteiger partial charge on any atom is 0.273 e. The van der Waals surface area contributed by atoms with Crippen LogP contribution in [0.25, 0.3) is 0 Å². The maximum absolute atomic E-state index is 12.5. The summed E-state index contributed by atoms with van der Waals surface area (Å²) in [6, 6.07) is 13.3. The third-order valence-electron chi connectivity index (χ3n) is 4.27. The van der Waals surface area contributed by atoms with E-state index in [4.69, 9.17) is 0 Å². The Balaban J connectivity index is 1.74. The Morgan fingerprint density at radius 3 is 2.60 bits per heavy atom. The summed E-state index contributed by atoms with van der Waals surface area (Å²) in [5, 5.41) is 13.8. The number of nitro groups is 1. The van der Waals surface area contributed by atoms with E-state index in [0.717, 1.165) is 5.69 Å². The van der Waals surface area contributed by atoms with Gasteiger partial charge in [-0.3, -0.25) is 19.7 Å². The van der Waals surface area contributed by atoms with E-state index in [-0.39, 0.29) is 29.6 Å². The van der Waals surface area contributed by atoms with Crippen LogP contribution in [0.3, 0.4) is 0 Å². The third-order valence-corrected chi connectivity index (χ3v) is 4.27. The molecule has 1 aliphatic rings. The fourth-order valence-corrected chi connectivity index (χ4v) is 2.99. The van der Waals surface area contributed by atoms with Crippen LogP contribution < -0.4 is 10.2 Å². The number of anilines is 1. The first kappa shape index (κ1) is 16.6. The quantitative estimate of drug-likeness (QED) is 0.684. The van der Waals surface area contributed by atoms with Crippen molar-refractivity contribution in [1.82, 2.24) is 5.32 Å². The number of amides is 2. The molecule has 3 rings (SSSR count). The standard InChI is InChI=1S/C18H17N3O4/c1-12-15(8-5-9-16(12)21(24)25)18(23)19-13-10-17(22)20(11-13)14-6-3-2-4-7-14/h2-9,13H,10-11H2,1H3,(H,19,23)/t13-/m0/s1. The summed E-state index contributed by atoms with van der Waals surface area (Å²) in [4.78, 5) is 36.8. The van der Waals surface area contributed by atoms with Gasteiger partial charge in [0.2, 0.25) is 5.91 Å². The highest BCUT2D eigenvalue weighted by Gasteiger charge is 2.32. The number of hydrogen-bond acceptors (Lipinski definition) is 4. The molecule has 0 bridgehead atoms. The number of carbonyl (C=O) groups excluding carboxylic acids is 2. The summed E-state index contributed by atoms with van der Waals surface area (Å²) < 4.78 is 0. The average molecular weight is 339 g/mol. The fourth-order valence-electron chi connectivity index (χ4n) is 2.99. The van der Waals surface area contributed by atoms with Crippen LogP contribution in [0.4, 0.5) is 11.4 Å². The average Bonchev–Trinajstić information content (AvgIpc) is 2.95. The molecule has 0 aliphatic carbocycles. The second kappa shape index (κ2) is 6.72. The summed E-state index contributed by atoms with van der Waals surface area (Å²) in [7, 11) is 0. The van der Waals surface area contributed by atoms with Crippen LogP contribution in [-0.4, -0.2) is 29.3 Å². The van der Waals surface area contributed by atoms with Gasteiger partial charge in [-0.05, 0) is 25.1 Å². The number of nitrogens with zero attached hydrogens (tertiary/aromatic N) is 2. The van der Waals surface area contributed by atoms with Crippen molar-refractivity contribution in [2.75, 3.05) is 11.4 Å². The number of benzene rings is 2. The maximum atomic E-state index is 12.5. The monoisotopic (exact) mass is 339 g/mol. The molecule has 0 unspecified atom stereocenters. The Labute approximate surface area is 144 Å². The number of nitrogens with one attached hydrogen (secondary N) is 1. The molecule has 7 heteroatoms. The lowest BCUT2D eigenvalue weighted by Crippen LogP contribution is -2.37. The van der Waals surface area contributed by atoms with Gasteiger partial charge in [0, 0.05) is 35.8 Å². The van der Waals surface area contributed by atoms with Gasteiger partial charge in [0.05, 0.1) is 11.0 Å². The molecule has 7 nitrogen and oxygen atoms in total. The molecule has 2 aromatic carbocycles. The van der Waals surface area contributed by atoms with Gasteiger partial charge in [-0.15, -0.1) is 0 Å². The van der Waals surface area contributed by atoms with E-state index in [1.54, 1.807) is 17.9 Å². The van der Waals surface area contributed by atoms with Crippen molar-refractivity contribution >= 4 is 23.2 Å². The molecule has 128 valence electrons. The lowest BCUT2D eigenvalue weighted by atomic mass is 10.1. The lowest BCUT2D eigenvalue weighted by molar-refractivity contribution is -0.385. The Bertz CT molecular complexity index is 835. The molecule has 1 saturated heterocycles. The van der Waals surface area contributed by atoms with Crippen LogP contribution in [0.1, 0.15) is 22.3 Å². The molecular formula is C18H17N3O4. The molecule has 1 atom stereocenters. The van der Waals surface area contributed by atoms with Gasteiger partial charge in [-0.2, -0.15) is 0 Å². The first-order chi connectivity index (χ1) is 12.0. The molecule has 1 aliphatic heterocycles. The topological polar surface area (TPSA) is 92.6 Å². The summed E-state index contributed by atoms with van der Waals surface area (Å²) in [5.74, 6) is -0.471. The van der Waals surface area contributed by atoms with E-state index >= 15 is 0 Å². The summed E-state index contributed by atoms with van der Waals surface area (Å²) in [6.07, 6.45) is 0.203. The van der Waals surface area contributed by atoms with Crippen LogP contribution in [-0.2, 0) is 4.79 Å². The normalized spacial score (nSPS) is 16.8. The molecule has 1 heterocycles. The van der Waals surface area contributed by atoms with Gasteiger partial charge in [-0.1, -0.05) is 24.3 Å². The first-order valence-electron chi connectivity index (χ1n) is 7.87. The zero-order valence-electron chi connectivity index (χ0n) is 13.6. The van der Waals surface area contributed by atoms with Crippen molar-refractivity contribution in [3.05, 3.63) is 69.8 Å². The van der Waals surface area contributed by atoms with Gasteiger partial charge in [-0.25, -0.2) is 0 Å². The van der Waals surface area contributed by atoms with Crippen LogP contribution >= 0.6 is 0 Å². The SMILES string of the molecule is Cc1c(C(=O)N[C@H]2CC(=O)N(c3ccccc3)C2)cccc1[N+](=O)[O-]. The van der Waals surface area contributed by atoms with Gasteiger partial charge >= 0.3 is 0 Å². The van der Waals surface area contributed by atoms with Gasteiger partial charge in [0.1, 0.15) is 0 Å². The van der Waals surface area contributed by atoms with Crippen LogP contribution in [0.15, 0.2) is 48.5 Å². The Hall–Kier alpha value is -3.22. The van der Waals surface area contributed by atoms with Crippen LogP contribution in [0, 0.1) is 17.0 Å². The first-order valence-corrected chi connectivity index (χ1v) is 7.87. The zero-order chi connectivity index (χ0) is 18.0. The van der Waals surface area contributed by atoms with Crippen LogP contribution in [0.2, 0.25) is 0 Å². The summed E-state index contributed by atoms with van der Waals surface area (Å²) >= 11 is 0. The Kier molecular flexibility index (Phi) is 4.47. The third kappa shape index (κ3) is 3.35. The molecule has 2 aromatic rings. The highest BCUT2D eigenvalue weighted by molar-refractivity contribution is 5.99. The largest absolute Gasteiger partial charge is 0.347 e. The predicted octanol–water partition coefficient (Wildman–Crippen LogP) is 2.44. The fraction of sp³-hybridized carbons (Fsp3) is 0.222. The number of nitro benzene ring substituents is 1. The number of carbonyl (C=O) groups is 2. The van der Waals surface area contributed by atoms with Gasteiger partial charge in [0.25, 0.3) is 11.6 Å². The van der Waals surface area contributed by atoms with Gasteiger partial charge in [0.15, 0.2) is 0 Å². The summed E-state index contributed by atoms with van der Waals surface area (Å²) in [6.45, 7) is 1.92. The van der Waals surface area contributed by atoms with Crippen LogP contribution in [0.5, 0.6) is 0 Å². The molecule has 0 aromatic heterocycles. The molecule has 25 heavy (non-hydrogen) atoms. The lowest BCUT2D eigenvalue weighted by Gasteiger charge is -2.17. The van der Waals surface area contributed by atoms with Crippen molar-refractivity contribution < 1.29 is 14.5 Å². The van der Waals surface area contributed by atoms with Crippen molar-refractivity contribution in [3.63, 3.8) is 0 Å². The zero-order valence-corrected chi connectivity index (χ0v) is 13.6. The Morgan fingerprint density at radius 2 is 1.92 bits per heavy atom. The van der Waals surface area contributed by atoms with E-state index in [0.29, 0.717) is 12.1 Å². The van der Waals surface area contributed by atoms with Crippen molar-refractivity contribution in [2.45, 2.75) is 19.4 Å². The van der Waals surface area contributed by atoms with Crippen molar-refractivity contribution in [3.8, 4) is 0 Å². The van der Waals surface area contributed by atoms with E-state index in [1.165, 1.54) is 12.1 Å². The second-order valence-electron chi connectivity index (χ2n) is 5.92. The molecule has 0 spiro atoms. The number of hydrogen-bond donors (Lipinski definition) is 1. The number of rotatable bonds is 4. The molecule has 0 radical (unpaired) electrons. The minimum Gasteiger partial charge on any atom is -0.347 e. The second-order valence-corrected chi connectivity index (χ2v) is 5.92. The highest BCUT2D eigenvalue weighted by atomic mass is 16.6. The Morgan fingerprint density at radius 1 is 1.20 bits per heavy atom. The smallest absolute Gasteiger partial charge is 0.273 e. The minimum atomic E-state index is -0.512. The minimum absolute atomic E-state index is 0.0627. The van der Waals surface area contributed by atoms with Crippen molar-refractivity contribution in [2.24, 2.45) is 0 Å². The molecular weight excluding hydrogens is 322 g/mol. The van der Waals surface area contributed by atoms with E-state index in [2.05, 4.69) is 5.32 Å². The predicted molar refractivity (Wildman–Crippen MR) is 92.5 cm³/mol. The van der Waals surface area contributed by atoms with E-state index in [9.17, 15) is 19.7 Å². The molecule has 1 fully saturated rings.